The van der Waals surface area contributed by atoms with E-state index in [0.717, 1.165) is 48.9 Å². The predicted octanol–water partition coefficient (Wildman–Crippen LogP) is 2.79. The van der Waals surface area contributed by atoms with Crippen LogP contribution in [0.2, 0.25) is 0 Å². The van der Waals surface area contributed by atoms with E-state index in [9.17, 15) is 14.4 Å². The summed E-state index contributed by atoms with van der Waals surface area (Å²) in [7, 11) is 0. The lowest BCUT2D eigenvalue weighted by molar-refractivity contribution is -0.125. The van der Waals surface area contributed by atoms with Crippen LogP contribution in [0.5, 0.6) is 0 Å². The van der Waals surface area contributed by atoms with Gasteiger partial charge in [-0.3, -0.25) is 24.7 Å². The predicted molar refractivity (Wildman–Crippen MR) is 197 cm³/mol. The number of nitrogens with zero attached hydrogens (tertiary/aromatic N) is 3. The molecule has 51 heavy (non-hydrogen) atoms. The summed E-state index contributed by atoms with van der Waals surface area (Å²) < 4.78 is 16.9. The number of benzene rings is 2. The number of amides is 3. The SMILES string of the molecule is CC(CCC(=O)NC=O)N1Cc2cc(C#CCCOCCOCCOCCNC3CCC(N=C/C(=N\N)c4ccc(N)cc4)CC3)ccc2C1=O. The molecule has 3 amide bonds. The van der Waals surface area contributed by atoms with Crippen LogP contribution in [0.1, 0.15) is 78.9 Å². The van der Waals surface area contributed by atoms with E-state index in [2.05, 4.69) is 27.6 Å². The molecule has 0 radical (unpaired) electrons. The number of carbonyl (C=O) groups is 3. The van der Waals surface area contributed by atoms with Gasteiger partial charge in [0.15, 0.2) is 0 Å². The summed E-state index contributed by atoms with van der Waals surface area (Å²) in [6.45, 7) is 6.36. The number of ether oxygens (including phenoxy) is 3. The van der Waals surface area contributed by atoms with Crippen molar-refractivity contribution in [1.82, 2.24) is 15.5 Å². The molecule has 6 N–H and O–H groups in total. The van der Waals surface area contributed by atoms with Gasteiger partial charge in [0, 0.05) is 66.6 Å². The van der Waals surface area contributed by atoms with Gasteiger partial charge in [0.25, 0.3) is 5.91 Å². The number of imide groups is 1. The fraction of sp³-hybridized carbons (Fsp3) is 0.500. The third-order valence-electron chi connectivity index (χ3n) is 8.96. The summed E-state index contributed by atoms with van der Waals surface area (Å²) in [4.78, 5) is 41.3. The fourth-order valence-electron chi connectivity index (χ4n) is 6.02. The van der Waals surface area contributed by atoms with Gasteiger partial charge in [-0.2, -0.15) is 5.10 Å². The molecule has 274 valence electrons. The number of aliphatic imine (C=N–C) groups is 1. The molecule has 0 spiro atoms. The lowest BCUT2D eigenvalue weighted by Crippen LogP contribution is -2.36. The maximum atomic E-state index is 12.8. The third kappa shape index (κ3) is 13.2. The number of hydrogen-bond acceptors (Lipinski definition) is 11. The first-order chi connectivity index (χ1) is 24.9. The third-order valence-corrected chi connectivity index (χ3v) is 8.96. The van der Waals surface area contributed by atoms with Gasteiger partial charge in [-0.25, -0.2) is 0 Å². The van der Waals surface area contributed by atoms with Gasteiger partial charge in [-0.05, 0) is 74.9 Å². The van der Waals surface area contributed by atoms with Gasteiger partial charge in [-0.15, -0.1) is 0 Å². The van der Waals surface area contributed by atoms with Crippen molar-refractivity contribution in [3.8, 4) is 11.8 Å². The van der Waals surface area contributed by atoms with Gasteiger partial charge >= 0.3 is 0 Å². The van der Waals surface area contributed by atoms with Crippen molar-refractivity contribution in [3.63, 3.8) is 0 Å². The maximum absolute atomic E-state index is 12.8. The first kappa shape index (κ1) is 39.2. The van der Waals surface area contributed by atoms with Crippen LogP contribution in [-0.2, 0) is 30.3 Å². The first-order valence-electron chi connectivity index (χ1n) is 17.7. The number of carbonyl (C=O) groups excluding carboxylic acids is 3. The van der Waals surface area contributed by atoms with Crippen molar-refractivity contribution in [2.45, 2.75) is 76.5 Å². The molecule has 4 rings (SSSR count). The summed E-state index contributed by atoms with van der Waals surface area (Å²) >= 11 is 0. The molecular formula is C38H51N7O6. The molecule has 2 aliphatic rings. The molecule has 0 saturated heterocycles. The number of anilines is 1. The summed E-state index contributed by atoms with van der Waals surface area (Å²) in [6, 6.07) is 13.7. The van der Waals surface area contributed by atoms with E-state index in [1.54, 1.807) is 11.1 Å². The Bertz CT molecular complexity index is 1540. The Morgan fingerprint density at radius 2 is 1.73 bits per heavy atom. The molecule has 1 aliphatic heterocycles. The van der Waals surface area contributed by atoms with Crippen molar-refractivity contribution in [1.29, 1.82) is 0 Å². The molecule has 1 unspecified atom stereocenters. The number of nitrogens with two attached hydrogens (primary N) is 2. The van der Waals surface area contributed by atoms with Crippen LogP contribution < -0.4 is 22.2 Å². The molecule has 2 aromatic rings. The largest absolute Gasteiger partial charge is 0.399 e. The number of nitrogens with one attached hydrogen (secondary N) is 2. The second-order valence-corrected chi connectivity index (χ2v) is 12.6. The Morgan fingerprint density at radius 1 is 1.02 bits per heavy atom. The Labute approximate surface area is 300 Å². The highest BCUT2D eigenvalue weighted by atomic mass is 16.5. The highest BCUT2D eigenvalue weighted by Gasteiger charge is 2.30. The van der Waals surface area contributed by atoms with Crippen molar-refractivity contribution in [2.24, 2.45) is 15.9 Å². The molecule has 13 nitrogen and oxygen atoms in total. The number of rotatable bonds is 20. The van der Waals surface area contributed by atoms with Crippen LogP contribution in [0.25, 0.3) is 0 Å². The molecule has 0 bridgehead atoms. The molecule has 1 heterocycles. The molecule has 0 aromatic heterocycles. The van der Waals surface area contributed by atoms with Crippen LogP contribution >= 0.6 is 0 Å². The lowest BCUT2D eigenvalue weighted by atomic mass is 9.91. The number of nitrogen functional groups attached to an aromatic ring is 1. The Morgan fingerprint density at radius 3 is 2.43 bits per heavy atom. The summed E-state index contributed by atoms with van der Waals surface area (Å²) in [6.07, 6.45) is 7.56. The quantitative estimate of drug-likeness (QED) is 0.0307. The zero-order valence-corrected chi connectivity index (χ0v) is 29.5. The minimum Gasteiger partial charge on any atom is -0.399 e. The van der Waals surface area contributed by atoms with Crippen molar-refractivity contribution >= 4 is 35.8 Å². The van der Waals surface area contributed by atoms with Crippen molar-refractivity contribution < 1.29 is 28.6 Å². The van der Waals surface area contributed by atoms with Crippen LogP contribution in [0.4, 0.5) is 5.69 Å². The minimum absolute atomic E-state index is 0.0515. The zero-order valence-electron chi connectivity index (χ0n) is 29.5. The minimum atomic E-state index is -0.348. The van der Waals surface area contributed by atoms with E-state index in [4.69, 9.17) is 30.8 Å². The van der Waals surface area contributed by atoms with Gasteiger partial charge in [0.2, 0.25) is 12.3 Å². The average molecular weight is 702 g/mol. The molecule has 1 aliphatic carbocycles. The second-order valence-electron chi connectivity index (χ2n) is 12.6. The molecular weight excluding hydrogens is 650 g/mol. The second kappa shape index (κ2) is 21.6. The van der Waals surface area contributed by atoms with E-state index >= 15 is 0 Å². The Balaban J connectivity index is 0.970. The standard InChI is InChI=1S/C38H51N7O6/c1-28(5-16-37(47)43-27-46)45-26-31-24-29(6-15-35(31)38(45)48)4-2-3-18-49-20-22-51-23-21-50-19-17-41-33-11-13-34(14-12-33)42-25-36(44-40)30-7-9-32(39)10-8-30/h6-10,15,24-25,27-28,33-34,41H,3,5,11-14,16-23,26,39-40H2,1H3,(H,43,46,47)/b42-25?,44-36+. The molecule has 13 heteroatoms. The number of fused-ring (bicyclic) bond motifs is 1. The summed E-state index contributed by atoms with van der Waals surface area (Å²) in [5.74, 6) is 11.5. The number of hydrazone groups is 1. The maximum Gasteiger partial charge on any atom is 0.254 e. The zero-order chi connectivity index (χ0) is 36.3. The average Bonchev–Trinajstić information content (AvgIpc) is 3.47. The normalized spacial score (nSPS) is 17.9. The smallest absolute Gasteiger partial charge is 0.254 e. The van der Waals surface area contributed by atoms with E-state index in [-0.39, 0.29) is 30.3 Å². The molecule has 1 fully saturated rings. The Hall–Kier alpha value is -4.61. The van der Waals surface area contributed by atoms with E-state index < -0.39 is 0 Å². The summed E-state index contributed by atoms with van der Waals surface area (Å²) in [5, 5.41) is 9.59. The highest BCUT2D eigenvalue weighted by Crippen LogP contribution is 2.27. The van der Waals surface area contributed by atoms with Crippen molar-refractivity contribution in [2.75, 3.05) is 51.9 Å². The van der Waals surface area contributed by atoms with E-state index in [1.807, 2.05) is 49.4 Å². The Kier molecular flexibility index (Phi) is 16.6. The van der Waals surface area contributed by atoms with Gasteiger partial charge in [-0.1, -0.05) is 24.0 Å². The fourth-order valence-corrected chi connectivity index (χ4v) is 6.02. The monoisotopic (exact) mass is 701 g/mol. The van der Waals surface area contributed by atoms with Gasteiger partial charge in [0.1, 0.15) is 5.71 Å². The first-order valence-corrected chi connectivity index (χ1v) is 17.7. The lowest BCUT2D eigenvalue weighted by Gasteiger charge is -2.27. The van der Waals surface area contributed by atoms with E-state index in [0.29, 0.717) is 88.4 Å². The van der Waals surface area contributed by atoms with Crippen LogP contribution in [0, 0.1) is 11.8 Å². The van der Waals surface area contributed by atoms with Crippen LogP contribution in [0.15, 0.2) is 52.6 Å². The number of hydrogen-bond donors (Lipinski definition) is 4. The highest BCUT2D eigenvalue weighted by molar-refractivity contribution is 6.38. The van der Waals surface area contributed by atoms with Crippen molar-refractivity contribution in [3.05, 3.63) is 64.7 Å². The van der Waals surface area contributed by atoms with Crippen LogP contribution in [0.3, 0.4) is 0 Å². The van der Waals surface area contributed by atoms with Gasteiger partial charge < -0.3 is 36.0 Å². The molecule has 2 aromatic carbocycles. The molecule has 1 saturated carbocycles. The van der Waals surface area contributed by atoms with Gasteiger partial charge in [0.05, 0.1) is 45.7 Å². The molecule has 1 atom stereocenters. The topological polar surface area (TPSA) is 183 Å². The summed E-state index contributed by atoms with van der Waals surface area (Å²) in [5.41, 5.74) is 10.4. The van der Waals surface area contributed by atoms with Crippen LogP contribution in [-0.4, -0.2) is 99.4 Å². The van der Waals surface area contributed by atoms with E-state index in [1.165, 1.54) is 0 Å².